The lowest BCUT2D eigenvalue weighted by Crippen LogP contribution is -2.30. The van der Waals surface area contributed by atoms with Gasteiger partial charge in [-0.05, 0) is 52.5 Å². The highest BCUT2D eigenvalue weighted by Gasteiger charge is 2.22. The van der Waals surface area contributed by atoms with E-state index in [0.717, 1.165) is 26.3 Å². The van der Waals surface area contributed by atoms with Gasteiger partial charge in [0.1, 0.15) is 0 Å². The Morgan fingerprint density at radius 2 is 2.24 bits per heavy atom. The minimum absolute atomic E-state index is 0.644. The largest absolute Gasteiger partial charge is 0.379 e. The lowest BCUT2D eigenvalue weighted by atomic mass is 9.99. The maximum Gasteiger partial charge on any atom is 0.0611 e. The fourth-order valence-corrected chi connectivity index (χ4v) is 3.95. The first-order chi connectivity index (χ1) is 8.33. The van der Waals surface area contributed by atoms with E-state index < -0.39 is 0 Å². The summed E-state index contributed by atoms with van der Waals surface area (Å²) in [5.41, 5.74) is 1.45. The predicted molar refractivity (Wildman–Crippen MR) is 74.8 cm³/mol. The standard InChI is InChI=1S/C13H16BrNOS/c14-12-5-9(10-3-4-15-6-10)1-2-13(12)17-11-7-16-8-11/h1-2,5,10-11,15H,3-4,6-8H2. The molecule has 4 heteroatoms. The van der Waals surface area contributed by atoms with Gasteiger partial charge in [-0.15, -0.1) is 11.8 Å². The van der Waals surface area contributed by atoms with Crippen LogP contribution in [0, 0.1) is 0 Å². The summed E-state index contributed by atoms with van der Waals surface area (Å²) in [6, 6.07) is 6.82. The first-order valence-electron chi connectivity index (χ1n) is 6.07. The molecule has 17 heavy (non-hydrogen) atoms. The predicted octanol–water partition coefficient (Wildman–Crippen LogP) is 3.02. The number of hydrogen-bond donors (Lipinski definition) is 1. The van der Waals surface area contributed by atoms with E-state index in [0.29, 0.717) is 11.2 Å². The second-order valence-electron chi connectivity index (χ2n) is 4.66. The number of nitrogens with one attached hydrogen (secondary N) is 1. The van der Waals surface area contributed by atoms with E-state index in [1.54, 1.807) is 0 Å². The number of benzene rings is 1. The summed E-state index contributed by atoms with van der Waals surface area (Å²) in [6.45, 7) is 4.06. The van der Waals surface area contributed by atoms with Crippen molar-refractivity contribution in [1.29, 1.82) is 0 Å². The van der Waals surface area contributed by atoms with E-state index in [2.05, 4.69) is 39.4 Å². The molecule has 92 valence electrons. The summed E-state index contributed by atoms with van der Waals surface area (Å²) >= 11 is 5.61. The van der Waals surface area contributed by atoms with E-state index in [1.165, 1.54) is 21.4 Å². The van der Waals surface area contributed by atoms with Crippen LogP contribution in [-0.2, 0) is 4.74 Å². The zero-order valence-corrected chi connectivity index (χ0v) is 12.0. The summed E-state index contributed by atoms with van der Waals surface area (Å²) in [7, 11) is 0. The molecule has 0 radical (unpaired) electrons. The number of rotatable bonds is 3. The summed E-state index contributed by atoms with van der Waals surface area (Å²) in [6.07, 6.45) is 1.26. The Balaban J connectivity index is 1.73. The van der Waals surface area contributed by atoms with E-state index in [1.807, 2.05) is 11.8 Å². The van der Waals surface area contributed by atoms with Crippen molar-refractivity contribution in [3.63, 3.8) is 0 Å². The molecule has 2 aliphatic rings. The molecule has 1 aromatic rings. The van der Waals surface area contributed by atoms with Gasteiger partial charge in [-0.3, -0.25) is 0 Å². The maximum atomic E-state index is 5.21. The molecule has 2 saturated heterocycles. The fraction of sp³-hybridized carbons (Fsp3) is 0.538. The fourth-order valence-electron chi connectivity index (χ4n) is 2.27. The van der Waals surface area contributed by atoms with Crippen molar-refractivity contribution in [3.8, 4) is 0 Å². The highest BCUT2D eigenvalue weighted by molar-refractivity contribution is 9.10. The minimum Gasteiger partial charge on any atom is -0.379 e. The van der Waals surface area contributed by atoms with Crippen LogP contribution in [0.4, 0.5) is 0 Å². The molecule has 2 nitrogen and oxygen atoms in total. The second kappa shape index (κ2) is 5.31. The van der Waals surface area contributed by atoms with E-state index in [4.69, 9.17) is 4.74 Å². The van der Waals surface area contributed by atoms with Crippen LogP contribution in [0.25, 0.3) is 0 Å². The van der Waals surface area contributed by atoms with Crippen LogP contribution in [0.5, 0.6) is 0 Å². The van der Waals surface area contributed by atoms with Crippen LogP contribution in [0.1, 0.15) is 17.9 Å². The normalized spacial score (nSPS) is 24.9. The first-order valence-corrected chi connectivity index (χ1v) is 7.75. The van der Waals surface area contributed by atoms with Crippen LogP contribution in [0.3, 0.4) is 0 Å². The van der Waals surface area contributed by atoms with Gasteiger partial charge >= 0.3 is 0 Å². The van der Waals surface area contributed by atoms with Gasteiger partial charge in [0.25, 0.3) is 0 Å². The lowest BCUT2D eigenvalue weighted by molar-refractivity contribution is 0.0455. The van der Waals surface area contributed by atoms with Crippen LogP contribution in [0.15, 0.2) is 27.6 Å². The molecule has 1 N–H and O–H groups in total. The van der Waals surface area contributed by atoms with Crippen molar-refractivity contribution in [3.05, 3.63) is 28.2 Å². The molecular weight excluding hydrogens is 298 g/mol. The zero-order valence-electron chi connectivity index (χ0n) is 9.62. The third-order valence-electron chi connectivity index (χ3n) is 3.39. The third-order valence-corrected chi connectivity index (χ3v) is 5.52. The molecule has 0 aliphatic carbocycles. The van der Waals surface area contributed by atoms with Gasteiger partial charge in [-0.1, -0.05) is 6.07 Å². The SMILES string of the molecule is Brc1cc(C2CCNC2)ccc1SC1COC1. The van der Waals surface area contributed by atoms with Gasteiger partial charge in [0, 0.05) is 15.9 Å². The summed E-state index contributed by atoms with van der Waals surface area (Å²) < 4.78 is 6.44. The molecule has 2 aliphatic heterocycles. The van der Waals surface area contributed by atoms with Gasteiger partial charge in [-0.2, -0.15) is 0 Å². The van der Waals surface area contributed by atoms with Gasteiger partial charge in [0.2, 0.25) is 0 Å². The molecule has 2 fully saturated rings. The highest BCUT2D eigenvalue weighted by Crippen LogP contribution is 2.36. The number of hydrogen-bond acceptors (Lipinski definition) is 3. The van der Waals surface area contributed by atoms with Crippen LogP contribution >= 0.6 is 27.7 Å². The average molecular weight is 314 g/mol. The molecular formula is C13H16BrNOS. The van der Waals surface area contributed by atoms with Crippen LogP contribution < -0.4 is 5.32 Å². The van der Waals surface area contributed by atoms with Crippen molar-refractivity contribution >= 4 is 27.7 Å². The Bertz CT molecular complexity index is 402. The molecule has 0 spiro atoms. The molecule has 0 saturated carbocycles. The molecule has 1 unspecified atom stereocenters. The van der Waals surface area contributed by atoms with Gasteiger partial charge in [0.05, 0.1) is 18.5 Å². The van der Waals surface area contributed by atoms with E-state index in [-0.39, 0.29) is 0 Å². The van der Waals surface area contributed by atoms with Gasteiger partial charge in [0.15, 0.2) is 0 Å². The second-order valence-corrected chi connectivity index (χ2v) is 6.85. The highest BCUT2D eigenvalue weighted by atomic mass is 79.9. The van der Waals surface area contributed by atoms with Crippen molar-refractivity contribution < 1.29 is 4.74 Å². The van der Waals surface area contributed by atoms with E-state index >= 15 is 0 Å². The first kappa shape index (κ1) is 12.0. The maximum absolute atomic E-state index is 5.21. The average Bonchev–Trinajstić information content (AvgIpc) is 2.78. The van der Waals surface area contributed by atoms with Gasteiger partial charge < -0.3 is 10.1 Å². The Labute approximate surface area is 115 Å². The van der Waals surface area contributed by atoms with Crippen molar-refractivity contribution in [1.82, 2.24) is 5.32 Å². The Hall–Kier alpha value is -0.0300. The summed E-state index contributed by atoms with van der Waals surface area (Å²) in [4.78, 5) is 1.34. The third kappa shape index (κ3) is 2.70. The quantitative estimate of drug-likeness (QED) is 0.927. The van der Waals surface area contributed by atoms with Crippen LogP contribution in [-0.4, -0.2) is 31.6 Å². The van der Waals surface area contributed by atoms with Crippen molar-refractivity contribution in [2.75, 3.05) is 26.3 Å². The molecule has 3 rings (SSSR count). The smallest absolute Gasteiger partial charge is 0.0611 e. The Morgan fingerprint density at radius 1 is 1.35 bits per heavy atom. The molecule has 2 heterocycles. The topological polar surface area (TPSA) is 21.3 Å². The molecule has 0 amide bonds. The molecule has 0 aromatic heterocycles. The Morgan fingerprint density at radius 3 is 2.82 bits per heavy atom. The Kier molecular flexibility index (Phi) is 3.75. The van der Waals surface area contributed by atoms with Gasteiger partial charge in [-0.25, -0.2) is 0 Å². The summed E-state index contributed by atoms with van der Waals surface area (Å²) in [5, 5.41) is 4.06. The van der Waals surface area contributed by atoms with Crippen LogP contribution in [0.2, 0.25) is 0 Å². The zero-order chi connectivity index (χ0) is 11.7. The molecule has 0 bridgehead atoms. The lowest BCUT2D eigenvalue weighted by Gasteiger charge is -2.25. The summed E-state index contributed by atoms with van der Waals surface area (Å²) in [5.74, 6) is 0.692. The minimum atomic E-state index is 0.644. The van der Waals surface area contributed by atoms with Crippen molar-refractivity contribution in [2.45, 2.75) is 22.5 Å². The monoisotopic (exact) mass is 313 g/mol. The van der Waals surface area contributed by atoms with Crippen molar-refractivity contribution in [2.24, 2.45) is 0 Å². The number of halogens is 1. The number of ether oxygens (including phenoxy) is 1. The number of thioether (sulfide) groups is 1. The molecule has 1 aromatic carbocycles. The van der Waals surface area contributed by atoms with E-state index in [9.17, 15) is 0 Å². The molecule has 1 atom stereocenters.